The summed E-state index contributed by atoms with van der Waals surface area (Å²) in [6.07, 6.45) is 0.997. The van der Waals surface area contributed by atoms with E-state index in [-0.39, 0.29) is 23.7 Å². The number of aliphatic carboxylic acids is 1. The lowest BCUT2D eigenvalue weighted by Crippen LogP contribution is -2.57. The van der Waals surface area contributed by atoms with Gasteiger partial charge in [-0.1, -0.05) is 20.8 Å². The van der Waals surface area contributed by atoms with Crippen molar-refractivity contribution in [2.24, 2.45) is 29.1 Å². The van der Waals surface area contributed by atoms with Gasteiger partial charge in [-0.2, -0.15) is 0 Å². The zero-order chi connectivity index (χ0) is 13.0. The van der Waals surface area contributed by atoms with Crippen molar-refractivity contribution in [3.05, 3.63) is 0 Å². The van der Waals surface area contributed by atoms with Gasteiger partial charge < -0.3 is 5.11 Å². The summed E-state index contributed by atoms with van der Waals surface area (Å²) in [4.78, 5) is 11.4. The van der Waals surface area contributed by atoms with E-state index >= 15 is 0 Å². The van der Waals surface area contributed by atoms with Crippen LogP contribution in [-0.2, 0) is 4.79 Å². The van der Waals surface area contributed by atoms with Gasteiger partial charge in [-0.15, -0.1) is 0 Å². The molecule has 4 heteroatoms. The molecule has 3 saturated carbocycles. The quantitative estimate of drug-likeness (QED) is 0.769. The second kappa shape index (κ2) is 3.66. The van der Waals surface area contributed by atoms with Crippen molar-refractivity contribution < 1.29 is 18.7 Å². The average molecular weight is 246 g/mol. The molecule has 0 aromatic heterocycles. The first-order valence-corrected chi connectivity index (χ1v) is 6.25. The third-order valence-corrected chi connectivity index (χ3v) is 4.54. The second-order valence-electron chi connectivity index (χ2n) is 6.66. The summed E-state index contributed by atoms with van der Waals surface area (Å²) in [5.41, 5.74) is -0.219. The SMILES string of the molecule is CC(C)(C)C1C2CCC(C1C(=O)O)C(F)(F)C2. The highest BCUT2D eigenvalue weighted by Gasteiger charge is 2.62. The molecule has 0 aromatic rings. The summed E-state index contributed by atoms with van der Waals surface area (Å²) in [7, 11) is 0. The van der Waals surface area contributed by atoms with E-state index in [1.165, 1.54) is 0 Å². The van der Waals surface area contributed by atoms with Crippen molar-refractivity contribution in [3.63, 3.8) is 0 Å². The molecular weight excluding hydrogens is 226 g/mol. The van der Waals surface area contributed by atoms with Crippen LogP contribution in [0.4, 0.5) is 8.78 Å². The maximum absolute atomic E-state index is 13.8. The molecule has 0 aromatic carbocycles. The summed E-state index contributed by atoms with van der Waals surface area (Å²) in [5, 5.41) is 9.29. The molecule has 0 saturated heterocycles. The molecule has 0 heterocycles. The molecule has 98 valence electrons. The largest absolute Gasteiger partial charge is 0.481 e. The first-order chi connectivity index (χ1) is 7.64. The fraction of sp³-hybridized carbons (Fsp3) is 0.923. The fourth-order valence-corrected chi connectivity index (χ4v) is 4.07. The predicted octanol–water partition coefficient (Wildman–Crippen LogP) is 3.41. The number of carboxylic acids is 1. The van der Waals surface area contributed by atoms with Gasteiger partial charge in [0.05, 0.1) is 5.92 Å². The molecule has 1 N–H and O–H groups in total. The van der Waals surface area contributed by atoms with Gasteiger partial charge in [0.15, 0.2) is 0 Å². The normalized spacial score (nSPS) is 40.3. The van der Waals surface area contributed by atoms with Crippen molar-refractivity contribution in [2.75, 3.05) is 0 Å². The number of hydrogen-bond acceptors (Lipinski definition) is 1. The summed E-state index contributed by atoms with van der Waals surface area (Å²) < 4.78 is 27.6. The minimum Gasteiger partial charge on any atom is -0.481 e. The minimum atomic E-state index is -2.78. The molecule has 3 aliphatic carbocycles. The molecule has 17 heavy (non-hydrogen) atoms. The highest BCUT2D eigenvalue weighted by atomic mass is 19.3. The summed E-state index contributed by atoms with van der Waals surface area (Å²) >= 11 is 0. The maximum atomic E-state index is 13.8. The number of hydrogen-bond donors (Lipinski definition) is 1. The van der Waals surface area contributed by atoms with E-state index in [2.05, 4.69) is 0 Å². The lowest BCUT2D eigenvalue weighted by Gasteiger charge is -2.54. The van der Waals surface area contributed by atoms with Crippen LogP contribution in [0.3, 0.4) is 0 Å². The summed E-state index contributed by atoms with van der Waals surface area (Å²) in [5.74, 6) is -5.94. The Balaban J connectivity index is 2.39. The monoisotopic (exact) mass is 246 g/mol. The van der Waals surface area contributed by atoms with Gasteiger partial charge >= 0.3 is 5.97 Å². The molecule has 2 nitrogen and oxygen atoms in total. The Hall–Kier alpha value is -0.670. The van der Waals surface area contributed by atoms with Gasteiger partial charge in [0.2, 0.25) is 0 Å². The van der Waals surface area contributed by atoms with E-state index in [4.69, 9.17) is 0 Å². The standard InChI is InChI=1S/C13H20F2O2/c1-12(2,3)10-7-4-5-8(9(10)11(16)17)13(14,15)6-7/h7-10H,4-6H2,1-3H3,(H,16,17). The Morgan fingerprint density at radius 2 is 1.88 bits per heavy atom. The number of carboxylic acid groups (broad SMARTS) is 1. The third-order valence-electron chi connectivity index (χ3n) is 4.54. The van der Waals surface area contributed by atoms with Gasteiger partial charge in [0, 0.05) is 12.3 Å². The van der Waals surface area contributed by atoms with Crippen molar-refractivity contribution in [1.29, 1.82) is 0 Å². The molecule has 3 aliphatic rings. The van der Waals surface area contributed by atoms with E-state index in [9.17, 15) is 18.7 Å². The fourth-order valence-electron chi connectivity index (χ4n) is 4.07. The Labute approximate surface area is 100 Å². The molecule has 0 radical (unpaired) electrons. The van der Waals surface area contributed by atoms with Crippen LogP contribution in [0.2, 0.25) is 0 Å². The molecular formula is C13H20F2O2. The van der Waals surface area contributed by atoms with Crippen LogP contribution in [-0.4, -0.2) is 17.0 Å². The number of fused-ring (bicyclic) bond motifs is 3. The summed E-state index contributed by atoms with van der Waals surface area (Å²) in [6.45, 7) is 5.89. The van der Waals surface area contributed by atoms with Crippen LogP contribution in [0.25, 0.3) is 0 Å². The lowest BCUT2D eigenvalue weighted by atomic mass is 9.51. The van der Waals surface area contributed by atoms with Gasteiger partial charge in [-0.25, -0.2) is 8.78 Å². The highest BCUT2D eigenvalue weighted by Crippen LogP contribution is 2.60. The third kappa shape index (κ3) is 1.95. The Kier molecular flexibility index (Phi) is 2.75. The van der Waals surface area contributed by atoms with Crippen LogP contribution in [0.1, 0.15) is 40.0 Å². The van der Waals surface area contributed by atoms with E-state index in [0.29, 0.717) is 6.42 Å². The van der Waals surface area contributed by atoms with Crippen LogP contribution >= 0.6 is 0 Å². The van der Waals surface area contributed by atoms with Crippen molar-refractivity contribution in [2.45, 2.75) is 46.0 Å². The first-order valence-electron chi connectivity index (χ1n) is 6.25. The van der Waals surface area contributed by atoms with Crippen LogP contribution < -0.4 is 0 Å². The van der Waals surface area contributed by atoms with Crippen LogP contribution in [0, 0.1) is 29.1 Å². The van der Waals surface area contributed by atoms with Crippen molar-refractivity contribution in [1.82, 2.24) is 0 Å². The second-order valence-corrected chi connectivity index (χ2v) is 6.66. The molecule has 0 aliphatic heterocycles. The van der Waals surface area contributed by atoms with Crippen LogP contribution in [0.5, 0.6) is 0 Å². The molecule has 0 spiro atoms. The molecule has 3 rings (SSSR count). The zero-order valence-corrected chi connectivity index (χ0v) is 10.5. The van der Waals surface area contributed by atoms with Gasteiger partial charge in [0.25, 0.3) is 5.92 Å². The first kappa shape index (κ1) is 12.8. The van der Waals surface area contributed by atoms with Crippen molar-refractivity contribution >= 4 is 5.97 Å². The molecule has 0 amide bonds. The maximum Gasteiger partial charge on any atom is 0.307 e. The van der Waals surface area contributed by atoms with E-state index in [0.717, 1.165) is 6.42 Å². The lowest BCUT2D eigenvalue weighted by molar-refractivity contribution is -0.208. The van der Waals surface area contributed by atoms with Crippen molar-refractivity contribution in [3.8, 4) is 0 Å². The topological polar surface area (TPSA) is 37.3 Å². The highest BCUT2D eigenvalue weighted by molar-refractivity contribution is 5.71. The van der Waals surface area contributed by atoms with Gasteiger partial charge in [-0.3, -0.25) is 4.79 Å². The summed E-state index contributed by atoms with van der Waals surface area (Å²) in [6, 6.07) is 0. The van der Waals surface area contributed by atoms with Gasteiger partial charge in [-0.05, 0) is 30.1 Å². The molecule has 3 fully saturated rings. The molecule has 4 unspecified atom stereocenters. The number of alkyl halides is 2. The number of halogens is 2. The Morgan fingerprint density at radius 3 is 2.29 bits per heavy atom. The smallest absolute Gasteiger partial charge is 0.307 e. The van der Waals surface area contributed by atoms with E-state index in [1.54, 1.807) is 0 Å². The molecule has 4 atom stereocenters. The van der Waals surface area contributed by atoms with Gasteiger partial charge in [0.1, 0.15) is 0 Å². The molecule has 2 bridgehead atoms. The zero-order valence-electron chi connectivity index (χ0n) is 10.5. The Morgan fingerprint density at radius 1 is 1.29 bits per heavy atom. The predicted molar refractivity (Wildman–Crippen MR) is 59.8 cm³/mol. The van der Waals surface area contributed by atoms with Crippen LogP contribution in [0.15, 0.2) is 0 Å². The van der Waals surface area contributed by atoms with E-state index in [1.807, 2.05) is 20.8 Å². The Bertz CT molecular complexity index is 333. The van der Waals surface area contributed by atoms with E-state index < -0.39 is 23.7 Å². The minimum absolute atomic E-state index is 0.122. The number of carbonyl (C=O) groups is 1. The number of rotatable bonds is 1. The average Bonchev–Trinajstić information content (AvgIpc) is 2.13.